The van der Waals surface area contributed by atoms with Crippen molar-refractivity contribution in [1.82, 2.24) is 25.2 Å². The van der Waals surface area contributed by atoms with Gasteiger partial charge >= 0.3 is 0 Å². The summed E-state index contributed by atoms with van der Waals surface area (Å²) in [4.78, 5) is 4.41. The normalized spacial score (nSPS) is 11.8. The van der Waals surface area contributed by atoms with Crippen LogP contribution in [0.3, 0.4) is 0 Å². The molecule has 3 rings (SSSR count). The first-order valence-corrected chi connectivity index (χ1v) is 7.40. The van der Waals surface area contributed by atoms with Gasteiger partial charge in [-0.2, -0.15) is 10.1 Å². The van der Waals surface area contributed by atoms with Crippen LogP contribution < -0.4 is 10.1 Å². The molecule has 0 aliphatic rings. The van der Waals surface area contributed by atoms with E-state index in [9.17, 15) is 0 Å². The van der Waals surface area contributed by atoms with E-state index in [-0.39, 0.29) is 18.4 Å². The molecule has 24 heavy (non-hydrogen) atoms. The van der Waals surface area contributed by atoms with Crippen LogP contribution in [0.2, 0.25) is 0 Å². The van der Waals surface area contributed by atoms with Gasteiger partial charge in [-0.3, -0.25) is 0 Å². The van der Waals surface area contributed by atoms with Crippen molar-refractivity contribution < 1.29 is 9.26 Å². The van der Waals surface area contributed by atoms with Crippen LogP contribution in [0.15, 0.2) is 41.1 Å². The van der Waals surface area contributed by atoms with Gasteiger partial charge in [0.25, 0.3) is 5.89 Å². The van der Waals surface area contributed by atoms with Gasteiger partial charge in [-0.05, 0) is 26.1 Å². The van der Waals surface area contributed by atoms with Crippen molar-refractivity contribution in [2.24, 2.45) is 0 Å². The highest BCUT2D eigenvalue weighted by Crippen LogP contribution is 2.28. The summed E-state index contributed by atoms with van der Waals surface area (Å²) in [6, 6.07) is 10.1. The van der Waals surface area contributed by atoms with E-state index in [0.717, 1.165) is 5.69 Å². The molecular formula is C16H20ClN5O2. The zero-order valence-electron chi connectivity index (χ0n) is 13.8. The molecule has 1 aromatic carbocycles. The van der Waals surface area contributed by atoms with Gasteiger partial charge in [-0.1, -0.05) is 23.4 Å². The molecule has 7 nitrogen and oxygen atoms in total. The standard InChI is InChI=1S/C16H19N5O2.ClH/c1-11(17-2)9-14-18-16(23-20-14)15-13(22-3)10-21(19-15)12-7-5-4-6-8-12;/h4-8,10-11,17H,9H2,1-3H3;1H. The Balaban J connectivity index is 0.00000208. The monoisotopic (exact) mass is 349 g/mol. The Labute approximate surface area is 146 Å². The second kappa shape index (κ2) is 7.94. The maximum absolute atomic E-state index is 5.39. The van der Waals surface area contributed by atoms with E-state index in [1.165, 1.54) is 0 Å². The fourth-order valence-corrected chi connectivity index (χ4v) is 2.18. The molecule has 8 heteroatoms. The van der Waals surface area contributed by atoms with Crippen LogP contribution in [0.25, 0.3) is 17.3 Å². The zero-order valence-corrected chi connectivity index (χ0v) is 14.6. The molecule has 0 bridgehead atoms. The average molecular weight is 350 g/mol. The molecule has 1 N–H and O–H groups in total. The molecule has 2 aromatic heterocycles. The highest BCUT2D eigenvalue weighted by atomic mass is 35.5. The summed E-state index contributed by atoms with van der Waals surface area (Å²) < 4.78 is 12.5. The predicted octanol–water partition coefficient (Wildman–Crippen LogP) is 2.50. The minimum absolute atomic E-state index is 0. The topological polar surface area (TPSA) is 78.0 Å². The number of methoxy groups -OCH3 is 1. The first-order valence-electron chi connectivity index (χ1n) is 7.40. The van der Waals surface area contributed by atoms with Gasteiger partial charge < -0.3 is 14.6 Å². The van der Waals surface area contributed by atoms with Crippen LogP contribution in [0, 0.1) is 0 Å². The van der Waals surface area contributed by atoms with Gasteiger partial charge in [0, 0.05) is 12.5 Å². The van der Waals surface area contributed by atoms with Gasteiger partial charge in [0.05, 0.1) is 19.0 Å². The number of nitrogens with one attached hydrogen (secondary N) is 1. The summed E-state index contributed by atoms with van der Waals surface area (Å²) in [6.07, 6.45) is 2.48. The average Bonchev–Trinajstić information content (AvgIpc) is 3.21. The van der Waals surface area contributed by atoms with Crippen molar-refractivity contribution >= 4 is 12.4 Å². The lowest BCUT2D eigenvalue weighted by Crippen LogP contribution is -2.24. The lowest BCUT2D eigenvalue weighted by molar-refractivity contribution is 0.401. The van der Waals surface area contributed by atoms with Gasteiger partial charge in [0.1, 0.15) is 0 Å². The summed E-state index contributed by atoms with van der Waals surface area (Å²) in [5.74, 6) is 1.58. The summed E-state index contributed by atoms with van der Waals surface area (Å²) >= 11 is 0. The second-order valence-electron chi connectivity index (χ2n) is 5.24. The zero-order chi connectivity index (χ0) is 16.2. The quantitative estimate of drug-likeness (QED) is 0.736. The lowest BCUT2D eigenvalue weighted by atomic mass is 10.2. The molecule has 2 heterocycles. The number of rotatable bonds is 6. The Morgan fingerprint density at radius 1 is 1.29 bits per heavy atom. The first-order chi connectivity index (χ1) is 11.2. The minimum Gasteiger partial charge on any atom is -0.493 e. The van der Waals surface area contributed by atoms with E-state index >= 15 is 0 Å². The fourth-order valence-electron chi connectivity index (χ4n) is 2.18. The number of halogens is 1. The predicted molar refractivity (Wildman–Crippen MR) is 92.9 cm³/mol. The molecule has 0 saturated heterocycles. The molecule has 3 aromatic rings. The lowest BCUT2D eigenvalue weighted by Gasteiger charge is -2.04. The molecule has 0 amide bonds. The molecule has 128 valence electrons. The number of ether oxygens (including phenoxy) is 1. The Kier molecular flexibility index (Phi) is 5.94. The van der Waals surface area contributed by atoms with E-state index in [0.29, 0.717) is 29.6 Å². The van der Waals surface area contributed by atoms with Crippen LogP contribution in [0.1, 0.15) is 12.7 Å². The van der Waals surface area contributed by atoms with Crippen molar-refractivity contribution in [1.29, 1.82) is 0 Å². The number of hydrogen-bond donors (Lipinski definition) is 1. The van der Waals surface area contributed by atoms with Crippen LogP contribution in [-0.4, -0.2) is 40.1 Å². The number of nitrogens with zero attached hydrogens (tertiary/aromatic N) is 4. The molecular weight excluding hydrogens is 330 g/mol. The highest BCUT2D eigenvalue weighted by Gasteiger charge is 2.19. The first kappa shape index (κ1) is 18.0. The van der Waals surface area contributed by atoms with Crippen molar-refractivity contribution in [2.45, 2.75) is 19.4 Å². The molecule has 0 saturated carbocycles. The van der Waals surface area contributed by atoms with Crippen molar-refractivity contribution in [3.05, 3.63) is 42.4 Å². The number of benzene rings is 1. The second-order valence-corrected chi connectivity index (χ2v) is 5.24. The minimum atomic E-state index is 0. The van der Waals surface area contributed by atoms with Crippen LogP contribution >= 0.6 is 12.4 Å². The molecule has 0 aliphatic heterocycles. The van der Waals surface area contributed by atoms with Gasteiger partial charge in [-0.25, -0.2) is 4.68 Å². The van der Waals surface area contributed by atoms with Gasteiger partial charge in [0.2, 0.25) is 0 Å². The molecule has 1 unspecified atom stereocenters. The van der Waals surface area contributed by atoms with Crippen LogP contribution in [-0.2, 0) is 6.42 Å². The van der Waals surface area contributed by atoms with Crippen LogP contribution in [0.4, 0.5) is 0 Å². The smallest absolute Gasteiger partial charge is 0.282 e. The highest BCUT2D eigenvalue weighted by molar-refractivity contribution is 5.85. The van der Waals surface area contributed by atoms with Crippen molar-refractivity contribution in [2.75, 3.05) is 14.2 Å². The van der Waals surface area contributed by atoms with Crippen molar-refractivity contribution in [3.63, 3.8) is 0 Å². The number of aromatic nitrogens is 4. The largest absolute Gasteiger partial charge is 0.493 e. The van der Waals surface area contributed by atoms with E-state index in [1.807, 2.05) is 37.4 Å². The third-order valence-electron chi connectivity index (χ3n) is 3.57. The summed E-state index contributed by atoms with van der Waals surface area (Å²) in [6.45, 7) is 2.06. The third-order valence-corrected chi connectivity index (χ3v) is 3.57. The molecule has 1 atom stereocenters. The number of para-hydroxylation sites is 1. The van der Waals surface area contributed by atoms with E-state index in [2.05, 4.69) is 27.5 Å². The summed E-state index contributed by atoms with van der Waals surface area (Å²) in [5.41, 5.74) is 1.47. The molecule has 0 aliphatic carbocycles. The summed E-state index contributed by atoms with van der Waals surface area (Å²) in [5, 5.41) is 11.7. The Hall–Kier alpha value is -2.38. The van der Waals surface area contributed by atoms with E-state index in [4.69, 9.17) is 9.26 Å². The van der Waals surface area contributed by atoms with Gasteiger partial charge in [0.15, 0.2) is 17.3 Å². The Bertz CT molecular complexity index is 772. The maximum Gasteiger partial charge on any atom is 0.282 e. The summed E-state index contributed by atoms with van der Waals surface area (Å²) in [7, 11) is 3.49. The molecule has 0 radical (unpaired) electrons. The number of hydrogen-bond acceptors (Lipinski definition) is 6. The molecule has 0 fully saturated rings. The Morgan fingerprint density at radius 2 is 2.04 bits per heavy atom. The maximum atomic E-state index is 5.39. The third kappa shape index (κ3) is 3.74. The van der Waals surface area contributed by atoms with E-state index < -0.39 is 0 Å². The Morgan fingerprint density at radius 3 is 2.71 bits per heavy atom. The fraction of sp³-hybridized carbons (Fsp3) is 0.312. The van der Waals surface area contributed by atoms with Crippen LogP contribution in [0.5, 0.6) is 5.75 Å². The molecule has 0 spiro atoms. The van der Waals surface area contributed by atoms with Gasteiger partial charge in [-0.15, -0.1) is 12.4 Å². The van der Waals surface area contributed by atoms with Crippen molar-refractivity contribution in [3.8, 4) is 23.0 Å². The SMILES string of the molecule is CNC(C)Cc1noc(-c2nn(-c3ccccc3)cc2OC)n1.Cl. The van der Waals surface area contributed by atoms with E-state index in [1.54, 1.807) is 18.0 Å². The number of likely N-dealkylation sites (N-methyl/N-ethyl adjacent to an activating group) is 1.